The molecule has 1 aromatic rings. The molecule has 0 saturated carbocycles. The largest absolute Gasteiger partial charge is 0.244 e. The summed E-state index contributed by atoms with van der Waals surface area (Å²) in [5, 5.41) is 16.9. The average Bonchev–Trinajstić information content (AvgIpc) is 2.38. The molecule has 7 heteroatoms. The molecule has 94 valence electrons. The van der Waals surface area contributed by atoms with Crippen molar-refractivity contribution in [2.75, 3.05) is 6.54 Å². The second-order valence-electron chi connectivity index (χ2n) is 3.50. The predicted octanol–water partition coefficient (Wildman–Crippen LogP) is 0.925. The normalized spacial score (nSPS) is 10.6. The topological polar surface area (TPSA) is 107 Å². The first-order valence-corrected chi connectivity index (χ1v) is 6.81. The lowest BCUT2D eigenvalue weighted by atomic mass is 10.2. The molecule has 1 rings (SSSR count). The van der Waals surface area contributed by atoms with Gasteiger partial charge in [0.05, 0.1) is 6.07 Å². The fourth-order valence-corrected chi connectivity index (χ4v) is 2.24. The summed E-state index contributed by atoms with van der Waals surface area (Å²) < 4.78 is 25.9. The molecule has 0 radical (unpaired) electrons. The fourth-order valence-electron chi connectivity index (χ4n) is 1.22. The van der Waals surface area contributed by atoms with Gasteiger partial charge < -0.3 is 0 Å². The minimum Gasteiger partial charge on any atom is -0.244 e. The predicted molar refractivity (Wildman–Crippen MR) is 63.6 cm³/mol. The number of hydrogen-bond acceptors (Lipinski definition) is 5. The zero-order valence-corrected chi connectivity index (χ0v) is 10.4. The Bertz CT molecular complexity index is 567. The Hall–Kier alpha value is -1.96. The third-order valence-corrected chi connectivity index (χ3v) is 3.61. The molecule has 0 bridgehead atoms. The van der Waals surface area contributed by atoms with Crippen molar-refractivity contribution in [2.45, 2.75) is 24.2 Å². The Balaban J connectivity index is 2.58. The van der Waals surface area contributed by atoms with Crippen molar-refractivity contribution in [1.82, 2.24) is 9.71 Å². The SMILES string of the molecule is N#CCCCCNS(=O)(=O)c1ccc(C#N)nc1. The van der Waals surface area contributed by atoms with Gasteiger partial charge in [-0.1, -0.05) is 0 Å². The second-order valence-corrected chi connectivity index (χ2v) is 5.27. The zero-order valence-electron chi connectivity index (χ0n) is 9.63. The number of sulfonamides is 1. The van der Waals surface area contributed by atoms with Gasteiger partial charge in [0.15, 0.2) is 0 Å². The van der Waals surface area contributed by atoms with Crippen molar-refractivity contribution in [1.29, 1.82) is 10.5 Å². The minimum atomic E-state index is -3.58. The molecule has 0 unspecified atom stereocenters. The summed E-state index contributed by atoms with van der Waals surface area (Å²) in [6, 6.07) is 6.49. The summed E-state index contributed by atoms with van der Waals surface area (Å²) in [4.78, 5) is 3.73. The maximum Gasteiger partial charge on any atom is 0.242 e. The Morgan fingerprint density at radius 3 is 2.61 bits per heavy atom. The molecule has 0 aliphatic heterocycles. The van der Waals surface area contributed by atoms with E-state index in [-0.39, 0.29) is 17.1 Å². The highest BCUT2D eigenvalue weighted by Gasteiger charge is 2.13. The molecular weight excluding hydrogens is 252 g/mol. The molecule has 0 amide bonds. The number of nitrogens with zero attached hydrogens (tertiary/aromatic N) is 3. The van der Waals surface area contributed by atoms with E-state index in [2.05, 4.69) is 9.71 Å². The van der Waals surface area contributed by atoms with E-state index in [1.165, 1.54) is 12.1 Å². The summed E-state index contributed by atoms with van der Waals surface area (Å²) in [5.41, 5.74) is 0.169. The van der Waals surface area contributed by atoms with Crippen LogP contribution in [0.3, 0.4) is 0 Å². The van der Waals surface area contributed by atoms with Gasteiger partial charge in [-0.25, -0.2) is 18.1 Å². The molecular formula is C11H12N4O2S. The fraction of sp³-hybridized carbons (Fsp3) is 0.364. The van der Waals surface area contributed by atoms with E-state index >= 15 is 0 Å². The molecule has 1 aromatic heterocycles. The number of nitrogens with one attached hydrogen (secondary N) is 1. The van der Waals surface area contributed by atoms with Crippen molar-refractivity contribution in [2.24, 2.45) is 0 Å². The minimum absolute atomic E-state index is 0.0294. The van der Waals surface area contributed by atoms with Crippen LogP contribution in [0, 0.1) is 22.7 Å². The number of hydrogen-bond donors (Lipinski definition) is 1. The highest BCUT2D eigenvalue weighted by molar-refractivity contribution is 7.89. The second kappa shape index (κ2) is 6.70. The average molecular weight is 264 g/mol. The van der Waals surface area contributed by atoms with E-state index in [4.69, 9.17) is 10.5 Å². The van der Waals surface area contributed by atoms with E-state index in [1.54, 1.807) is 0 Å². The summed E-state index contributed by atoms with van der Waals surface area (Å²) in [6.07, 6.45) is 2.83. The zero-order chi connectivity index (χ0) is 13.4. The quantitative estimate of drug-likeness (QED) is 0.769. The number of nitriles is 2. The van der Waals surface area contributed by atoms with Crippen LogP contribution in [0.1, 0.15) is 25.0 Å². The highest BCUT2D eigenvalue weighted by Crippen LogP contribution is 2.07. The molecule has 0 aromatic carbocycles. The van der Waals surface area contributed by atoms with Crippen LogP contribution >= 0.6 is 0 Å². The maximum absolute atomic E-state index is 11.8. The van der Waals surface area contributed by atoms with Crippen LogP contribution in [0.5, 0.6) is 0 Å². The summed E-state index contributed by atoms with van der Waals surface area (Å²) >= 11 is 0. The number of rotatable bonds is 6. The molecule has 1 heterocycles. The molecule has 0 aliphatic carbocycles. The van der Waals surface area contributed by atoms with E-state index in [0.717, 1.165) is 6.20 Å². The van der Waals surface area contributed by atoms with Gasteiger partial charge >= 0.3 is 0 Å². The Morgan fingerprint density at radius 1 is 1.28 bits per heavy atom. The van der Waals surface area contributed by atoms with E-state index in [9.17, 15) is 8.42 Å². The Labute approximate surface area is 106 Å². The van der Waals surface area contributed by atoms with Gasteiger partial charge in [0.2, 0.25) is 10.0 Å². The van der Waals surface area contributed by atoms with Crippen molar-refractivity contribution in [3.63, 3.8) is 0 Å². The van der Waals surface area contributed by atoms with Crippen LogP contribution in [0.15, 0.2) is 23.2 Å². The third-order valence-electron chi connectivity index (χ3n) is 2.17. The third kappa shape index (κ3) is 4.13. The van der Waals surface area contributed by atoms with Gasteiger partial charge in [-0.15, -0.1) is 0 Å². The lowest BCUT2D eigenvalue weighted by molar-refractivity contribution is 0.577. The van der Waals surface area contributed by atoms with Crippen molar-refractivity contribution in [3.05, 3.63) is 24.0 Å². The Morgan fingerprint density at radius 2 is 2.06 bits per heavy atom. The smallest absolute Gasteiger partial charge is 0.242 e. The summed E-state index contributed by atoms with van der Waals surface area (Å²) in [5.74, 6) is 0. The van der Waals surface area contributed by atoms with Crippen molar-refractivity contribution >= 4 is 10.0 Å². The lowest BCUT2D eigenvalue weighted by Crippen LogP contribution is -2.24. The van der Waals surface area contributed by atoms with Crippen LogP contribution in [-0.4, -0.2) is 19.9 Å². The monoisotopic (exact) mass is 264 g/mol. The summed E-state index contributed by atoms with van der Waals surface area (Å²) in [7, 11) is -3.58. The highest BCUT2D eigenvalue weighted by atomic mass is 32.2. The molecule has 0 spiro atoms. The number of aromatic nitrogens is 1. The number of unbranched alkanes of at least 4 members (excludes halogenated alkanes) is 2. The van der Waals surface area contributed by atoms with Crippen molar-refractivity contribution < 1.29 is 8.42 Å². The maximum atomic E-state index is 11.8. The van der Waals surface area contributed by atoms with Crippen LogP contribution < -0.4 is 4.72 Å². The van der Waals surface area contributed by atoms with Gasteiger partial charge in [-0.3, -0.25) is 0 Å². The standard InChI is InChI=1S/C11H12N4O2S/c12-6-2-1-3-7-15-18(16,17)11-5-4-10(8-13)14-9-11/h4-5,9,15H,1-3,7H2. The van der Waals surface area contributed by atoms with Gasteiger partial charge in [0.1, 0.15) is 16.7 Å². The summed E-state index contributed by atoms with van der Waals surface area (Å²) in [6.45, 7) is 0.282. The molecule has 0 atom stereocenters. The van der Waals surface area contributed by atoms with E-state index < -0.39 is 10.0 Å². The Kier molecular flexibility index (Phi) is 5.25. The van der Waals surface area contributed by atoms with Crippen LogP contribution in [0.4, 0.5) is 0 Å². The van der Waals surface area contributed by atoms with Gasteiger partial charge in [-0.05, 0) is 25.0 Å². The number of pyridine rings is 1. The van der Waals surface area contributed by atoms with Gasteiger partial charge in [0.25, 0.3) is 0 Å². The first kappa shape index (κ1) is 14.1. The molecule has 0 fully saturated rings. The molecule has 6 nitrogen and oxygen atoms in total. The molecule has 1 N–H and O–H groups in total. The molecule has 0 aliphatic rings. The first-order chi connectivity index (χ1) is 8.60. The molecule has 18 heavy (non-hydrogen) atoms. The van der Waals surface area contributed by atoms with Crippen LogP contribution in [-0.2, 0) is 10.0 Å². The van der Waals surface area contributed by atoms with Crippen LogP contribution in [0.2, 0.25) is 0 Å². The first-order valence-electron chi connectivity index (χ1n) is 5.33. The van der Waals surface area contributed by atoms with Gasteiger partial charge in [0, 0.05) is 19.2 Å². The molecule has 0 saturated heterocycles. The van der Waals surface area contributed by atoms with Crippen LogP contribution in [0.25, 0.3) is 0 Å². The lowest BCUT2D eigenvalue weighted by Gasteiger charge is -2.05. The van der Waals surface area contributed by atoms with Gasteiger partial charge in [-0.2, -0.15) is 10.5 Å². The van der Waals surface area contributed by atoms with Crippen molar-refractivity contribution in [3.8, 4) is 12.1 Å². The van der Waals surface area contributed by atoms with E-state index in [0.29, 0.717) is 19.3 Å². The van der Waals surface area contributed by atoms with E-state index in [1.807, 2.05) is 12.1 Å².